The summed E-state index contributed by atoms with van der Waals surface area (Å²) >= 11 is 17.6. The van der Waals surface area contributed by atoms with Crippen molar-refractivity contribution < 1.29 is 28.5 Å². The van der Waals surface area contributed by atoms with Gasteiger partial charge < -0.3 is 38.3 Å². The molecule has 0 spiro atoms. The lowest BCUT2D eigenvalue weighted by atomic mass is 9.65. The zero-order valence-electron chi connectivity index (χ0n) is 62.0. The van der Waals surface area contributed by atoms with Gasteiger partial charge in [-0.15, -0.1) is 0 Å². The minimum atomic E-state index is -0.879. The van der Waals surface area contributed by atoms with E-state index in [-0.39, 0.29) is 34.7 Å². The standard InChI is InChI=1S/C25H16BrF3.C25H22BrN3.C25H19BrO3.C25H18I3N/c4*26-21-9-1-17(2-10-21)25(18-3-11-22(27)12-4-18,19-5-13-23(28)14-6-19)20-7-15-24(29)16-8-20/h1-16H;1-16H,27-29H2;1-16,27-29H;1-16H,29H2. The van der Waals surface area contributed by atoms with Crippen molar-refractivity contribution in [1.82, 2.24) is 0 Å². The van der Waals surface area contributed by atoms with Crippen molar-refractivity contribution in [2.24, 2.45) is 0 Å². The van der Waals surface area contributed by atoms with Crippen molar-refractivity contribution in [3.8, 4) is 17.2 Å². The Morgan fingerprint density at radius 3 is 0.440 bits per heavy atom. The maximum absolute atomic E-state index is 13.7. The Labute approximate surface area is 739 Å². The lowest BCUT2D eigenvalue weighted by Gasteiger charge is -2.37. The van der Waals surface area contributed by atoms with Crippen molar-refractivity contribution in [3.05, 3.63) is 519 Å². The van der Waals surface area contributed by atoms with Crippen molar-refractivity contribution in [2.45, 2.75) is 21.7 Å². The molecule has 116 heavy (non-hydrogen) atoms. The van der Waals surface area contributed by atoms with E-state index in [1.807, 2.05) is 121 Å². The van der Waals surface area contributed by atoms with E-state index in [1.165, 1.54) is 69.4 Å². The first-order chi connectivity index (χ1) is 56.0. The number of benzene rings is 16. The second-order valence-corrected chi connectivity index (χ2v) is 34.2. The van der Waals surface area contributed by atoms with E-state index in [0.717, 1.165) is 103 Å². The molecule has 0 aliphatic rings. The summed E-state index contributed by atoms with van der Waals surface area (Å²) in [5.41, 5.74) is 41.0. The predicted octanol–water partition coefficient (Wildman–Crippen LogP) is 26.2. The highest BCUT2D eigenvalue weighted by molar-refractivity contribution is 14.1. The number of halogens is 9. The topological polar surface area (TPSA) is 165 Å². The van der Waals surface area contributed by atoms with Crippen LogP contribution in [0.5, 0.6) is 17.2 Å². The van der Waals surface area contributed by atoms with E-state index >= 15 is 0 Å². The van der Waals surface area contributed by atoms with Gasteiger partial charge >= 0.3 is 0 Å². The molecule has 0 saturated carbocycles. The van der Waals surface area contributed by atoms with Gasteiger partial charge in [-0.25, -0.2) is 13.2 Å². The number of hydrogen-bond acceptors (Lipinski definition) is 7. The third kappa shape index (κ3) is 18.1. The highest BCUT2D eigenvalue weighted by Gasteiger charge is 2.43. The maximum Gasteiger partial charge on any atom is 0.123 e. The Hall–Kier alpha value is -10.5. The molecule has 11 N–H and O–H groups in total. The van der Waals surface area contributed by atoms with E-state index < -0.39 is 21.7 Å². The summed E-state index contributed by atoms with van der Waals surface area (Å²) < 4.78 is 47.8. The van der Waals surface area contributed by atoms with Gasteiger partial charge in [0.2, 0.25) is 0 Å². The lowest BCUT2D eigenvalue weighted by molar-refractivity contribution is 0.474. The fraction of sp³-hybridized carbons (Fsp3) is 0.0400. The van der Waals surface area contributed by atoms with Gasteiger partial charge in [0.15, 0.2) is 0 Å². The Morgan fingerprint density at radius 1 is 0.181 bits per heavy atom. The average molecular weight is 2060 g/mol. The van der Waals surface area contributed by atoms with Crippen LogP contribution in [0.15, 0.2) is 402 Å². The van der Waals surface area contributed by atoms with Crippen LogP contribution < -0.4 is 22.9 Å². The van der Waals surface area contributed by atoms with Gasteiger partial charge in [-0.05, 0) is 351 Å². The molecule has 0 aliphatic carbocycles. The Morgan fingerprint density at radius 2 is 0.293 bits per heavy atom. The van der Waals surface area contributed by atoms with E-state index in [4.69, 9.17) is 22.9 Å². The van der Waals surface area contributed by atoms with E-state index in [1.54, 1.807) is 72.8 Å². The molecule has 16 heteroatoms. The van der Waals surface area contributed by atoms with Gasteiger partial charge in [-0.3, -0.25) is 0 Å². The second-order valence-electron chi connectivity index (χ2n) is 27.7. The fourth-order valence-corrected chi connectivity index (χ4v) is 17.2. The molecule has 576 valence electrons. The molecular weight excluding hydrogens is 1980 g/mol. The number of hydrogen-bond donors (Lipinski definition) is 7. The van der Waals surface area contributed by atoms with Gasteiger partial charge in [0.25, 0.3) is 0 Å². The van der Waals surface area contributed by atoms with Gasteiger partial charge in [-0.1, -0.05) is 242 Å². The van der Waals surface area contributed by atoms with Crippen LogP contribution in [0.25, 0.3) is 0 Å². The summed E-state index contributed by atoms with van der Waals surface area (Å²) in [4.78, 5) is 0. The smallest absolute Gasteiger partial charge is 0.123 e. The number of aromatic hydroxyl groups is 3. The molecule has 0 fully saturated rings. The summed E-state index contributed by atoms with van der Waals surface area (Å²) in [5.74, 6) is -0.482. The average Bonchev–Trinajstić information content (AvgIpc) is 0.752. The van der Waals surface area contributed by atoms with Crippen LogP contribution in [0.4, 0.5) is 35.9 Å². The van der Waals surface area contributed by atoms with Crippen LogP contribution >= 0.6 is 116 Å². The molecule has 0 aliphatic heterocycles. The monoisotopic (exact) mass is 2050 g/mol. The van der Waals surface area contributed by atoms with Gasteiger partial charge in [-0.2, -0.15) is 0 Å². The molecule has 16 aromatic rings. The third-order valence-electron chi connectivity index (χ3n) is 20.8. The van der Waals surface area contributed by atoms with Crippen LogP contribution in [0, 0.1) is 28.2 Å². The number of phenols is 3. The van der Waals surface area contributed by atoms with Crippen LogP contribution in [-0.4, -0.2) is 15.3 Å². The largest absolute Gasteiger partial charge is 0.508 e. The molecule has 16 rings (SSSR count). The SMILES string of the molecule is Fc1ccc(C(c2ccc(F)cc2)(c2ccc(F)cc2)c2ccc(Br)cc2)cc1.Nc1ccc(C(c2ccc(I)cc2)(c2ccc(I)cc2)c2ccc(I)cc2)cc1.Nc1ccc(C(c2ccc(N)cc2)(c2ccc(N)cc2)c2ccc(Br)cc2)cc1.Oc1ccc(C(c2ccc(O)cc2)(c2ccc(O)cc2)c2ccc(Br)cc2)cc1. The maximum atomic E-state index is 13.7. The summed E-state index contributed by atoms with van der Waals surface area (Å²) in [7, 11) is 0. The molecule has 0 radical (unpaired) electrons. The molecule has 0 bridgehead atoms. The van der Waals surface area contributed by atoms with Crippen LogP contribution in [0.3, 0.4) is 0 Å². The normalized spacial score (nSPS) is 11.4. The van der Waals surface area contributed by atoms with Crippen LogP contribution in [-0.2, 0) is 21.7 Å². The first-order valence-corrected chi connectivity index (χ1v) is 42.3. The van der Waals surface area contributed by atoms with Crippen LogP contribution in [0.1, 0.15) is 89.0 Å². The minimum absolute atomic E-state index is 0.190. The number of nitrogen functional groups attached to an aromatic ring is 4. The van der Waals surface area contributed by atoms with E-state index in [9.17, 15) is 28.5 Å². The molecule has 7 nitrogen and oxygen atoms in total. The lowest BCUT2D eigenvalue weighted by Crippen LogP contribution is -2.31. The molecular formula is C100H75Br3F3I3N4O3. The third-order valence-corrected chi connectivity index (χ3v) is 24.5. The van der Waals surface area contributed by atoms with Crippen LogP contribution in [0.2, 0.25) is 0 Å². The number of phenolic OH excluding ortho intramolecular Hbond substituents is 3. The van der Waals surface area contributed by atoms with E-state index in [2.05, 4.69) is 273 Å². The molecule has 16 aromatic carbocycles. The Kier molecular flexibility index (Phi) is 26.8. The fourth-order valence-electron chi connectivity index (χ4n) is 15.4. The first-order valence-electron chi connectivity index (χ1n) is 36.7. The molecule has 0 aromatic heterocycles. The summed E-state index contributed by atoms with van der Waals surface area (Å²) in [5, 5.41) is 29.6. The summed E-state index contributed by atoms with van der Waals surface area (Å²) in [6, 6.07) is 123. The van der Waals surface area contributed by atoms with Crippen molar-refractivity contribution in [2.75, 3.05) is 22.9 Å². The first kappa shape index (κ1) is 83.5. The van der Waals surface area contributed by atoms with Crippen molar-refractivity contribution in [3.63, 3.8) is 0 Å². The molecule has 0 amide bonds. The second kappa shape index (κ2) is 37.2. The molecule has 0 unspecified atom stereocenters. The quantitative estimate of drug-likeness (QED) is 0.0287. The molecule has 0 atom stereocenters. The van der Waals surface area contributed by atoms with Gasteiger partial charge in [0.1, 0.15) is 34.7 Å². The summed E-state index contributed by atoms with van der Waals surface area (Å²) in [6.07, 6.45) is 0. The summed E-state index contributed by atoms with van der Waals surface area (Å²) in [6.45, 7) is 0. The van der Waals surface area contributed by atoms with Crippen molar-refractivity contribution in [1.29, 1.82) is 0 Å². The van der Waals surface area contributed by atoms with Crippen molar-refractivity contribution >= 4 is 138 Å². The van der Waals surface area contributed by atoms with Gasteiger partial charge in [0, 0.05) is 46.9 Å². The zero-order chi connectivity index (χ0) is 81.7. The van der Waals surface area contributed by atoms with E-state index in [0.29, 0.717) is 0 Å². The number of anilines is 4. The Bertz CT molecular complexity index is 4420. The van der Waals surface area contributed by atoms with Gasteiger partial charge in [0.05, 0.1) is 21.7 Å². The number of nitrogens with two attached hydrogens (primary N) is 4. The minimum Gasteiger partial charge on any atom is -0.508 e. The highest BCUT2D eigenvalue weighted by Crippen LogP contribution is 2.51. The molecule has 0 heterocycles. The predicted molar refractivity (Wildman–Crippen MR) is 503 cm³/mol. The Balaban J connectivity index is 0.000000135. The zero-order valence-corrected chi connectivity index (χ0v) is 73.2. The molecule has 0 saturated heterocycles. The number of rotatable bonds is 16. The highest BCUT2D eigenvalue weighted by atomic mass is 127.